The number of ether oxygens (including phenoxy) is 4. The average molecular weight is 204 g/mol. The van der Waals surface area contributed by atoms with Gasteiger partial charge in [-0.05, 0) is 13.8 Å². The van der Waals surface area contributed by atoms with Crippen molar-refractivity contribution in [1.29, 1.82) is 0 Å². The standard InChI is InChI=1S/C10H20O4/c1-8(2)13-7-10-6-12-5-9(14-10)4-11-3/h8-10H,4-7H2,1-3H3. The summed E-state index contributed by atoms with van der Waals surface area (Å²) in [6.45, 7) is 6.43. The van der Waals surface area contributed by atoms with Gasteiger partial charge in [0.15, 0.2) is 0 Å². The second-order valence-electron chi connectivity index (χ2n) is 3.75. The van der Waals surface area contributed by atoms with E-state index >= 15 is 0 Å². The molecular formula is C10H20O4. The molecule has 4 heteroatoms. The van der Waals surface area contributed by atoms with Crippen molar-refractivity contribution in [3.63, 3.8) is 0 Å². The van der Waals surface area contributed by atoms with Crippen LogP contribution in [0.2, 0.25) is 0 Å². The molecule has 1 heterocycles. The molecule has 0 saturated carbocycles. The molecule has 1 aliphatic rings. The van der Waals surface area contributed by atoms with Crippen molar-refractivity contribution in [2.24, 2.45) is 0 Å². The first-order valence-corrected chi connectivity index (χ1v) is 5.06. The van der Waals surface area contributed by atoms with Gasteiger partial charge in [-0.15, -0.1) is 0 Å². The van der Waals surface area contributed by atoms with Gasteiger partial charge in [-0.25, -0.2) is 0 Å². The molecule has 1 saturated heterocycles. The van der Waals surface area contributed by atoms with E-state index in [-0.39, 0.29) is 18.3 Å². The summed E-state index contributed by atoms with van der Waals surface area (Å²) < 4.78 is 21.6. The summed E-state index contributed by atoms with van der Waals surface area (Å²) in [5.41, 5.74) is 0. The highest BCUT2D eigenvalue weighted by atomic mass is 16.6. The third-order valence-corrected chi connectivity index (χ3v) is 1.96. The summed E-state index contributed by atoms with van der Waals surface area (Å²) in [7, 11) is 1.66. The largest absolute Gasteiger partial charge is 0.382 e. The third-order valence-electron chi connectivity index (χ3n) is 1.96. The lowest BCUT2D eigenvalue weighted by Crippen LogP contribution is -2.41. The molecule has 1 aliphatic heterocycles. The molecule has 0 spiro atoms. The molecule has 2 atom stereocenters. The van der Waals surface area contributed by atoms with Crippen molar-refractivity contribution in [2.45, 2.75) is 32.2 Å². The van der Waals surface area contributed by atoms with E-state index in [0.717, 1.165) is 0 Å². The van der Waals surface area contributed by atoms with Crippen LogP contribution in [-0.4, -0.2) is 51.8 Å². The van der Waals surface area contributed by atoms with Crippen LogP contribution >= 0.6 is 0 Å². The average Bonchev–Trinajstić information content (AvgIpc) is 2.16. The molecule has 2 unspecified atom stereocenters. The van der Waals surface area contributed by atoms with E-state index in [0.29, 0.717) is 26.4 Å². The van der Waals surface area contributed by atoms with Crippen LogP contribution in [0.5, 0.6) is 0 Å². The monoisotopic (exact) mass is 204 g/mol. The van der Waals surface area contributed by atoms with E-state index in [2.05, 4.69) is 0 Å². The van der Waals surface area contributed by atoms with E-state index in [1.807, 2.05) is 13.8 Å². The SMILES string of the molecule is COCC1COCC(COC(C)C)O1. The van der Waals surface area contributed by atoms with Crippen LogP contribution in [0, 0.1) is 0 Å². The molecule has 1 fully saturated rings. The molecule has 0 N–H and O–H groups in total. The Balaban J connectivity index is 2.18. The molecule has 0 radical (unpaired) electrons. The van der Waals surface area contributed by atoms with Crippen LogP contribution in [0.15, 0.2) is 0 Å². The van der Waals surface area contributed by atoms with Crippen molar-refractivity contribution in [1.82, 2.24) is 0 Å². The van der Waals surface area contributed by atoms with Gasteiger partial charge >= 0.3 is 0 Å². The van der Waals surface area contributed by atoms with Crippen molar-refractivity contribution < 1.29 is 18.9 Å². The Hall–Kier alpha value is -0.160. The number of rotatable bonds is 5. The van der Waals surface area contributed by atoms with E-state index in [1.165, 1.54) is 0 Å². The van der Waals surface area contributed by atoms with Crippen molar-refractivity contribution in [3.8, 4) is 0 Å². The minimum atomic E-state index is 0.0475. The molecule has 1 rings (SSSR count). The molecule has 14 heavy (non-hydrogen) atoms. The van der Waals surface area contributed by atoms with E-state index < -0.39 is 0 Å². The highest BCUT2D eigenvalue weighted by molar-refractivity contribution is 4.67. The summed E-state index contributed by atoms with van der Waals surface area (Å²) in [4.78, 5) is 0. The zero-order valence-corrected chi connectivity index (χ0v) is 9.19. The highest BCUT2D eigenvalue weighted by Crippen LogP contribution is 2.09. The second kappa shape index (κ2) is 6.35. The van der Waals surface area contributed by atoms with Crippen molar-refractivity contribution >= 4 is 0 Å². The van der Waals surface area contributed by atoms with Crippen molar-refractivity contribution in [3.05, 3.63) is 0 Å². The number of hydrogen-bond acceptors (Lipinski definition) is 4. The maximum Gasteiger partial charge on any atom is 0.105 e. The predicted molar refractivity (Wildman–Crippen MR) is 52.4 cm³/mol. The lowest BCUT2D eigenvalue weighted by atomic mass is 10.3. The molecule has 0 aromatic carbocycles. The summed E-state index contributed by atoms with van der Waals surface area (Å²) in [6, 6.07) is 0. The maximum atomic E-state index is 5.70. The Morgan fingerprint density at radius 2 is 1.86 bits per heavy atom. The van der Waals surface area contributed by atoms with Gasteiger partial charge in [0.2, 0.25) is 0 Å². The Morgan fingerprint density at radius 3 is 2.43 bits per heavy atom. The van der Waals surface area contributed by atoms with Crippen LogP contribution in [-0.2, 0) is 18.9 Å². The van der Waals surface area contributed by atoms with Crippen molar-refractivity contribution in [2.75, 3.05) is 33.5 Å². The fourth-order valence-corrected chi connectivity index (χ4v) is 1.34. The molecule has 0 aliphatic carbocycles. The van der Waals surface area contributed by atoms with Gasteiger partial charge in [-0.1, -0.05) is 0 Å². The first-order chi connectivity index (χ1) is 6.72. The van der Waals surface area contributed by atoms with Crippen LogP contribution in [0.4, 0.5) is 0 Å². The smallest absolute Gasteiger partial charge is 0.105 e. The maximum absolute atomic E-state index is 5.70. The van der Waals surface area contributed by atoms with Gasteiger partial charge in [-0.2, -0.15) is 0 Å². The lowest BCUT2D eigenvalue weighted by molar-refractivity contribution is -0.174. The Labute approximate surface area is 85.5 Å². The van der Waals surface area contributed by atoms with Gasteiger partial charge in [0.05, 0.1) is 32.5 Å². The minimum absolute atomic E-state index is 0.0475. The molecule has 4 nitrogen and oxygen atoms in total. The molecule has 0 amide bonds. The molecule has 0 aromatic rings. The van der Waals surface area contributed by atoms with Crippen LogP contribution in [0.1, 0.15) is 13.8 Å². The summed E-state index contributed by atoms with van der Waals surface area (Å²) in [5, 5.41) is 0. The fraction of sp³-hybridized carbons (Fsp3) is 1.00. The van der Waals surface area contributed by atoms with Crippen LogP contribution in [0.25, 0.3) is 0 Å². The summed E-state index contributed by atoms with van der Waals surface area (Å²) in [6.07, 6.45) is 0.335. The Bertz CT molecular complexity index is 147. The second-order valence-corrected chi connectivity index (χ2v) is 3.75. The molecular weight excluding hydrogens is 184 g/mol. The zero-order chi connectivity index (χ0) is 10.4. The predicted octanol–water partition coefficient (Wildman–Crippen LogP) is 0.842. The normalized spacial score (nSPS) is 28.3. The molecule has 0 bridgehead atoms. The highest BCUT2D eigenvalue weighted by Gasteiger charge is 2.23. The van der Waals surface area contributed by atoms with Crippen LogP contribution in [0.3, 0.4) is 0 Å². The minimum Gasteiger partial charge on any atom is -0.382 e. The molecule has 84 valence electrons. The van der Waals surface area contributed by atoms with Gasteiger partial charge in [0.1, 0.15) is 12.2 Å². The van der Waals surface area contributed by atoms with Crippen LogP contribution < -0.4 is 0 Å². The molecule has 0 aromatic heterocycles. The van der Waals surface area contributed by atoms with E-state index in [9.17, 15) is 0 Å². The van der Waals surface area contributed by atoms with Gasteiger partial charge in [0.25, 0.3) is 0 Å². The van der Waals surface area contributed by atoms with Gasteiger partial charge < -0.3 is 18.9 Å². The zero-order valence-electron chi connectivity index (χ0n) is 9.19. The Morgan fingerprint density at radius 1 is 1.21 bits per heavy atom. The summed E-state index contributed by atoms with van der Waals surface area (Å²) >= 11 is 0. The first kappa shape index (κ1) is 11.9. The quantitative estimate of drug-likeness (QED) is 0.665. The van der Waals surface area contributed by atoms with Gasteiger partial charge in [0, 0.05) is 7.11 Å². The van der Waals surface area contributed by atoms with E-state index in [1.54, 1.807) is 7.11 Å². The Kier molecular flexibility index (Phi) is 5.40. The summed E-state index contributed by atoms with van der Waals surface area (Å²) in [5.74, 6) is 0. The lowest BCUT2D eigenvalue weighted by Gasteiger charge is -2.30. The number of methoxy groups -OCH3 is 1. The topological polar surface area (TPSA) is 36.9 Å². The third kappa shape index (κ3) is 4.37. The fourth-order valence-electron chi connectivity index (χ4n) is 1.34. The van der Waals surface area contributed by atoms with E-state index in [4.69, 9.17) is 18.9 Å². The van der Waals surface area contributed by atoms with Gasteiger partial charge in [-0.3, -0.25) is 0 Å². The first-order valence-electron chi connectivity index (χ1n) is 5.06. The number of hydrogen-bond donors (Lipinski definition) is 0.